The second kappa shape index (κ2) is 7.97. The van der Waals surface area contributed by atoms with Crippen LogP contribution in [-0.4, -0.2) is 26.0 Å². The maximum atomic E-state index is 13.2. The van der Waals surface area contributed by atoms with E-state index in [1.807, 2.05) is 0 Å². The van der Waals surface area contributed by atoms with Gasteiger partial charge in [-0.15, -0.1) is 12.4 Å². The van der Waals surface area contributed by atoms with Crippen LogP contribution in [0.1, 0.15) is 5.56 Å². The molecule has 3 nitrogen and oxygen atoms in total. The van der Waals surface area contributed by atoms with Crippen LogP contribution in [0.2, 0.25) is 0 Å². The molecule has 0 heterocycles. The smallest absolute Gasteiger partial charge is 0.224 e. The van der Waals surface area contributed by atoms with Crippen molar-refractivity contribution in [2.24, 2.45) is 0 Å². The Morgan fingerprint density at radius 1 is 1.29 bits per heavy atom. The molecule has 0 aliphatic rings. The van der Waals surface area contributed by atoms with Crippen LogP contribution in [0.15, 0.2) is 18.2 Å². The van der Waals surface area contributed by atoms with Gasteiger partial charge in [0, 0.05) is 18.7 Å². The predicted octanol–water partition coefficient (Wildman–Crippen LogP) is 1.26. The van der Waals surface area contributed by atoms with Gasteiger partial charge < -0.3 is 10.6 Å². The van der Waals surface area contributed by atoms with Crippen LogP contribution in [-0.2, 0) is 11.2 Å². The van der Waals surface area contributed by atoms with Gasteiger partial charge in [-0.1, -0.05) is 0 Å². The Kier molecular flexibility index (Phi) is 7.41. The van der Waals surface area contributed by atoms with Crippen molar-refractivity contribution in [2.75, 3.05) is 20.1 Å². The highest BCUT2D eigenvalue weighted by atomic mass is 35.5. The Morgan fingerprint density at radius 3 is 2.65 bits per heavy atom. The zero-order valence-electron chi connectivity index (χ0n) is 9.43. The molecule has 17 heavy (non-hydrogen) atoms. The lowest BCUT2D eigenvalue weighted by atomic mass is 10.1. The van der Waals surface area contributed by atoms with Crippen LogP contribution in [0.25, 0.3) is 0 Å². The average Bonchev–Trinajstić information content (AvgIpc) is 2.24. The molecule has 1 aromatic rings. The van der Waals surface area contributed by atoms with Gasteiger partial charge in [0.15, 0.2) is 0 Å². The summed E-state index contributed by atoms with van der Waals surface area (Å²) in [6, 6.07) is 3.08. The number of rotatable bonds is 5. The molecule has 0 atom stereocenters. The molecule has 0 spiro atoms. The highest BCUT2D eigenvalue weighted by Gasteiger charge is 2.08. The number of halogens is 3. The largest absolute Gasteiger partial charge is 0.355 e. The number of likely N-dealkylation sites (N-methyl/N-ethyl adjacent to an activating group) is 1. The summed E-state index contributed by atoms with van der Waals surface area (Å²) in [5.41, 5.74) is 0.0713. The van der Waals surface area contributed by atoms with Crippen molar-refractivity contribution in [1.82, 2.24) is 10.6 Å². The molecule has 0 aromatic heterocycles. The first-order chi connectivity index (χ1) is 7.63. The number of hydrogen-bond acceptors (Lipinski definition) is 2. The number of nitrogens with one attached hydrogen (secondary N) is 2. The fraction of sp³-hybridized carbons (Fsp3) is 0.364. The highest BCUT2D eigenvalue weighted by Crippen LogP contribution is 2.09. The van der Waals surface area contributed by atoms with E-state index in [4.69, 9.17) is 0 Å². The van der Waals surface area contributed by atoms with Crippen LogP contribution >= 0.6 is 12.4 Å². The van der Waals surface area contributed by atoms with Gasteiger partial charge in [-0.3, -0.25) is 4.79 Å². The van der Waals surface area contributed by atoms with Crippen molar-refractivity contribution in [1.29, 1.82) is 0 Å². The van der Waals surface area contributed by atoms with Crippen LogP contribution < -0.4 is 10.6 Å². The SMILES string of the molecule is CNCCNC(=O)Cc1cc(F)ccc1F.Cl. The summed E-state index contributed by atoms with van der Waals surface area (Å²) in [4.78, 5) is 11.3. The second-order valence-electron chi connectivity index (χ2n) is 3.37. The highest BCUT2D eigenvalue weighted by molar-refractivity contribution is 5.85. The number of benzene rings is 1. The van der Waals surface area contributed by atoms with E-state index in [1.165, 1.54) is 0 Å². The summed E-state index contributed by atoms with van der Waals surface area (Å²) in [6.45, 7) is 1.10. The molecular formula is C11H15ClF2N2O. The Labute approximate surface area is 105 Å². The third-order valence-corrected chi connectivity index (χ3v) is 2.06. The molecule has 6 heteroatoms. The topological polar surface area (TPSA) is 41.1 Å². The molecule has 2 N–H and O–H groups in total. The number of carbonyl (C=O) groups is 1. The molecule has 1 aromatic carbocycles. The first kappa shape index (κ1) is 15.8. The summed E-state index contributed by atoms with van der Waals surface area (Å²) in [6.07, 6.45) is -0.146. The Balaban J connectivity index is 0.00000256. The maximum Gasteiger partial charge on any atom is 0.224 e. The molecule has 0 saturated heterocycles. The van der Waals surface area contributed by atoms with Gasteiger partial charge in [0.1, 0.15) is 11.6 Å². The van der Waals surface area contributed by atoms with Crippen LogP contribution in [0.3, 0.4) is 0 Å². The van der Waals surface area contributed by atoms with Gasteiger partial charge in [0.2, 0.25) is 5.91 Å². The lowest BCUT2D eigenvalue weighted by Gasteiger charge is -2.05. The van der Waals surface area contributed by atoms with Gasteiger partial charge in [-0.2, -0.15) is 0 Å². The Morgan fingerprint density at radius 2 is 2.00 bits per heavy atom. The number of carbonyl (C=O) groups excluding carboxylic acids is 1. The van der Waals surface area contributed by atoms with Crippen molar-refractivity contribution in [2.45, 2.75) is 6.42 Å². The van der Waals surface area contributed by atoms with Crippen molar-refractivity contribution in [3.63, 3.8) is 0 Å². The van der Waals surface area contributed by atoms with Gasteiger partial charge in [0.05, 0.1) is 6.42 Å². The van der Waals surface area contributed by atoms with E-state index >= 15 is 0 Å². The lowest BCUT2D eigenvalue weighted by molar-refractivity contribution is -0.120. The third kappa shape index (κ3) is 5.60. The molecule has 0 bridgehead atoms. The second-order valence-corrected chi connectivity index (χ2v) is 3.37. The summed E-state index contributed by atoms with van der Waals surface area (Å²) in [5.74, 6) is -1.43. The van der Waals surface area contributed by atoms with E-state index in [9.17, 15) is 13.6 Å². The summed E-state index contributed by atoms with van der Waals surface area (Å²) >= 11 is 0. The summed E-state index contributed by atoms with van der Waals surface area (Å²) in [7, 11) is 1.76. The molecule has 0 radical (unpaired) electrons. The molecule has 0 saturated carbocycles. The number of hydrogen-bond donors (Lipinski definition) is 2. The fourth-order valence-corrected chi connectivity index (χ4v) is 1.24. The molecule has 0 unspecified atom stereocenters. The van der Waals surface area contributed by atoms with Crippen LogP contribution in [0, 0.1) is 11.6 Å². The molecule has 1 amide bonds. The minimum absolute atomic E-state index is 0. The van der Waals surface area contributed by atoms with E-state index in [1.54, 1.807) is 7.05 Å². The van der Waals surface area contributed by atoms with Crippen molar-refractivity contribution < 1.29 is 13.6 Å². The fourth-order valence-electron chi connectivity index (χ4n) is 1.24. The van der Waals surface area contributed by atoms with Gasteiger partial charge in [0.25, 0.3) is 0 Å². The Hall–Kier alpha value is -1.20. The van der Waals surface area contributed by atoms with E-state index < -0.39 is 11.6 Å². The standard InChI is InChI=1S/C11H14F2N2O.ClH/c1-14-4-5-15-11(16)7-8-6-9(12)2-3-10(8)13;/h2-3,6,14H,4-5,7H2,1H3,(H,15,16);1H. The molecule has 0 aliphatic carbocycles. The Bertz CT molecular complexity index is 374. The molecule has 1 rings (SSSR count). The molecule has 96 valence electrons. The minimum atomic E-state index is -0.565. The van der Waals surface area contributed by atoms with Crippen LogP contribution in [0.5, 0.6) is 0 Å². The normalized spacial score (nSPS) is 9.59. The first-order valence-corrected chi connectivity index (χ1v) is 4.98. The molecule has 0 aliphatic heterocycles. The van der Waals surface area contributed by atoms with Crippen molar-refractivity contribution in [3.8, 4) is 0 Å². The summed E-state index contributed by atoms with van der Waals surface area (Å²) < 4.78 is 26.0. The number of amides is 1. The van der Waals surface area contributed by atoms with E-state index in [0.29, 0.717) is 13.1 Å². The predicted molar refractivity (Wildman–Crippen MR) is 64.2 cm³/mol. The zero-order valence-corrected chi connectivity index (χ0v) is 10.2. The average molecular weight is 265 g/mol. The third-order valence-electron chi connectivity index (χ3n) is 2.06. The zero-order chi connectivity index (χ0) is 12.0. The van der Waals surface area contributed by atoms with Crippen molar-refractivity contribution in [3.05, 3.63) is 35.4 Å². The van der Waals surface area contributed by atoms with E-state index in [2.05, 4.69) is 10.6 Å². The van der Waals surface area contributed by atoms with Gasteiger partial charge >= 0.3 is 0 Å². The quantitative estimate of drug-likeness (QED) is 0.787. The maximum absolute atomic E-state index is 13.2. The van der Waals surface area contributed by atoms with Gasteiger partial charge in [-0.05, 0) is 25.2 Å². The van der Waals surface area contributed by atoms with E-state index in [0.717, 1.165) is 18.2 Å². The lowest BCUT2D eigenvalue weighted by Crippen LogP contribution is -2.31. The minimum Gasteiger partial charge on any atom is -0.355 e. The molecule has 0 fully saturated rings. The monoisotopic (exact) mass is 264 g/mol. The summed E-state index contributed by atoms with van der Waals surface area (Å²) in [5, 5.41) is 5.45. The van der Waals surface area contributed by atoms with Crippen LogP contribution in [0.4, 0.5) is 8.78 Å². The van der Waals surface area contributed by atoms with E-state index in [-0.39, 0.29) is 30.3 Å². The van der Waals surface area contributed by atoms with Gasteiger partial charge in [-0.25, -0.2) is 8.78 Å². The molecular weight excluding hydrogens is 250 g/mol. The first-order valence-electron chi connectivity index (χ1n) is 4.98. The van der Waals surface area contributed by atoms with Crippen molar-refractivity contribution >= 4 is 18.3 Å².